The predicted molar refractivity (Wildman–Crippen MR) is 523 cm³/mol. The van der Waals surface area contributed by atoms with E-state index in [4.69, 9.17) is 85.3 Å². The van der Waals surface area contributed by atoms with Crippen LogP contribution in [0.15, 0.2) is 0 Å². The van der Waals surface area contributed by atoms with Gasteiger partial charge in [-0.2, -0.15) is 0 Å². The van der Waals surface area contributed by atoms with Crippen LogP contribution in [0.25, 0.3) is 0 Å². The maximum Gasteiger partial charge on any atom is 0.158 e. The molecule has 3 aliphatic heterocycles. The molecule has 824 valence electrons. The summed E-state index contributed by atoms with van der Waals surface area (Å²) >= 11 is 0. The first-order valence-corrected chi connectivity index (χ1v) is 53.1. The molecule has 35 heteroatoms. The first kappa shape index (κ1) is 129. The zero-order valence-corrected chi connectivity index (χ0v) is 86.7. The molecule has 3 saturated heterocycles. The summed E-state index contributed by atoms with van der Waals surface area (Å²) in [5, 5.41) is 159. The van der Waals surface area contributed by atoms with Gasteiger partial charge in [-0.1, -0.05) is 164 Å². The van der Waals surface area contributed by atoms with Gasteiger partial charge in [-0.3, -0.25) is 9.59 Å². The Morgan fingerprint density at radius 3 is 0.612 bits per heavy atom. The molecule has 0 amide bonds. The minimum atomic E-state index is -0.860. The summed E-state index contributed by atoms with van der Waals surface area (Å²) < 4.78 is 105. The van der Waals surface area contributed by atoms with Crippen LogP contribution in [0.4, 0.5) is 0 Å². The molecule has 1 aliphatic carbocycles. The van der Waals surface area contributed by atoms with E-state index in [1.165, 1.54) is 19.3 Å². The molecule has 1 saturated carbocycles. The number of hydrogen-bond acceptors (Lipinski definition) is 35. The Morgan fingerprint density at radius 1 is 0.245 bits per heavy atom. The molecule has 0 aromatic carbocycles. The van der Waals surface area contributed by atoms with E-state index >= 15 is 0 Å². The molecule has 0 spiro atoms. The number of ether oxygens (including phenoxy) is 18. The lowest BCUT2D eigenvalue weighted by Crippen LogP contribution is -2.37. The van der Waals surface area contributed by atoms with Crippen molar-refractivity contribution >= 4 is 11.6 Å². The van der Waals surface area contributed by atoms with Gasteiger partial charge in [0.25, 0.3) is 0 Å². The summed E-state index contributed by atoms with van der Waals surface area (Å²) in [6, 6.07) is 0. The fourth-order valence-corrected chi connectivity index (χ4v) is 16.2. The van der Waals surface area contributed by atoms with E-state index in [0.29, 0.717) is 179 Å². The summed E-state index contributed by atoms with van der Waals surface area (Å²) in [5.74, 6) is 0.585. The lowest BCUT2D eigenvalue weighted by atomic mass is 9.94. The summed E-state index contributed by atoms with van der Waals surface area (Å²) in [5.41, 5.74) is -4.25. The third-order valence-corrected chi connectivity index (χ3v) is 25.9. The molecule has 0 aromatic rings. The SMILES string of the molecule is COCC(C)(COCC(O)CCCCC(O)COCC(C)(COCC(O)CCCCC(O)COCC(C)(CO)COCC(=O)CCCCC(O)COCC(C)(COCC(O)CCCCC(=O)COCC(C)(CO)CO)COCC(O)CCCCC(O)COCC(C)(COCC(O)CCCCC1CC1)COCC(O)CCCCC1CO1)COCC(O)CCCCC1CO1)COCC(O)CCCCC1CO1. The van der Waals surface area contributed by atoms with Gasteiger partial charge in [0, 0.05) is 52.4 Å². The molecule has 15 N–H and O–H groups in total. The monoisotopic (exact) mass is 2010 g/mol. The molecule has 0 aromatic heterocycles. The number of aliphatic hydroxyl groups is 15. The number of Topliss-reactive ketones (excluding diaryl/α,β-unsaturated/α-hetero) is 2. The smallest absolute Gasteiger partial charge is 0.158 e. The van der Waals surface area contributed by atoms with Crippen molar-refractivity contribution in [3.8, 4) is 0 Å². The van der Waals surface area contributed by atoms with E-state index < -0.39 is 106 Å². The third-order valence-electron chi connectivity index (χ3n) is 25.9. The van der Waals surface area contributed by atoms with Crippen LogP contribution in [0, 0.1) is 38.4 Å². The van der Waals surface area contributed by atoms with Crippen LogP contribution in [-0.4, -0.2) is 418 Å². The first-order valence-electron chi connectivity index (χ1n) is 53.1. The Bertz CT molecular complexity index is 2870. The number of aliphatic hydroxyl groups excluding tert-OH is 15. The van der Waals surface area contributed by atoms with Crippen LogP contribution in [0.5, 0.6) is 0 Å². The molecule has 4 aliphatic rings. The minimum absolute atomic E-state index is 0.00361. The second-order valence-electron chi connectivity index (χ2n) is 43.7. The number of epoxide rings is 3. The van der Waals surface area contributed by atoms with E-state index in [0.717, 1.165) is 96.4 Å². The van der Waals surface area contributed by atoms with Crippen LogP contribution in [-0.2, 0) is 94.9 Å². The molecule has 3 heterocycles. The topological polar surface area (TPSA) is 514 Å². The number of methoxy groups -OCH3 is 1. The first-order chi connectivity index (χ1) is 66.6. The van der Waals surface area contributed by atoms with Crippen molar-refractivity contribution in [2.45, 2.75) is 377 Å². The number of carbonyl (C=O) groups excluding carboxylic acids is 2. The molecule has 139 heavy (non-hydrogen) atoms. The number of hydrogen-bond donors (Lipinski definition) is 15. The second-order valence-corrected chi connectivity index (χ2v) is 43.7. The molecule has 0 radical (unpaired) electrons. The van der Waals surface area contributed by atoms with Crippen molar-refractivity contribution in [2.75, 3.05) is 238 Å². The van der Waals surface area contributed by atoms with Gasteiger partial charge in [0.2, 0.25) is 0 Å². The summed E-state index contributed by atoms with van der Waals surface area (Å²) in [6.07, 6.45) is 19.3. The third kappa shape index (κ3) is 72.1. The van der Waals surface area contributed by atoms with Gasteiger partial charge in [-0.05, 0) is 115 Å². The van der Waals surface area contributed by atoms with Crippen LogP contribution in [0.1, 0.15) is 286 Å². The van der Waals surface area contributed by atoms with E-state index in [2.05, 4.69) is 0 Å². The molecular weight excluding hydrogens is 1810 g/mol. The summed E-state index contributed by atoms with van der Waals surface area (Å²) in [7, 11) is 1.62. The minimum Gasteiger partial charge on any atom is -0.396 e. The summed E-state index contributed by atoms with van der Waals surface area (Å²) in [6.45, 7) is 16.3. The highest BCUT2D eigenvalue weighted by molar-refractivity contribution is 5.79. The van der Waals surface area contributed by atoms with Crippen molar-refractivity contribution < 1.29 is 171 Å². The second kappa shape index (κ2) is 77.4. The Morgan fingerprint density at radius 2 is 0.417 bits per heavy atom. The maximum absolute atomic E-state index is 13.0. The number of ketones is 2. The Kier molecular flexibility index (Phi) is 72.0. The highest BCUT2D eigenvalue weighted by Gasteiger charge is 2.35. The van der Waals surface area contributed by atoms with E-state index in [1.807, 2.05) is 27.7 Å². The van der Waals surface area contributed by atoms with E-state index in [-0.39, 0.29) is 216 Å². The average molecular weight is 2010 g/mol. The zero-order valence-electron chi connectivity index (χ0n) is 86.7. The van der Waals surface area contributed by atoms with Gasteiger partial charge in [0.15, 0.2) is 11.6 Å². The van der Waals surface area contributed by atoms with E-state index in [9.17, 15) is 86.2 Å². The van der Waals surface area contributed by atoms with Gasteiger partial charge in [-0.15, -0.1) is 0 Å². The van der Waals surface area contributed by atoms with Crippen LogP contribution in [0.2, 0.25) is 0 Å². The standard InChI is InChI=1S/C104H198O35/c1-99(63-105,64-106)67-123-46-83(109)28-10-13-32-87(113)52-130-74-103(5,76-132-57-92(118)37-19-18-36-91(117)56-129-73-102(4,72-128-51-82(108)27-9-8-26-81-44-45-81)79-135-58-94(120)39-21-24-42-97-61-138-97)75-131-53-88(114)33-14-11-29-84(110)47-124-68-100(2,65-107)69-125-48-85(111)30-12-15-34-89(115)54-133-77-104(6,80-136-59-95(121)40-22-25-43-98-62-139-98)78-134-55-90(116)35-17-16-31-86(112)49-126-70-101(3,66-122-7)71-127-50-93(119)38-20-23-41-96-60-137-96/h81-82,85-98,105-108,111-121H,8-80H2,1-7H3. The molecule has 0 bridgehead atoms. The van der Waals surface area contributed by atoms with Crippen molar-refractivity contribution in [3.05, 3.63) is 0 Å². The van der Waals surface area contributed by atoms with Gasteiger partial charge in [0.1, 0.15) is 13.2 Å². The molecular formula is C104H198O35. The van der Waals surface area contributed by atoms with Gasteiger partial charge in [-0.25, -0.2) is 0 Å². The Labute approximate surface area is 833 Å². The lowest BCUT2D eigenvalue weighted by Gasteiger charge is -2.30. The van der Waals surface area contributed by atoms with Crippen molar-refractivity contribution in [1.82, 2.24) is 0 Å². The largest absolute Gasteiger partial charge is 0.396 e. The maximum atomic E-state index is 13.0. The zero-order chi connectivity index (χ0) is 102. The normalized spacial score (nSPS) is 20.5. The number of rotatable bonds is 106. The lowest BCUT2D eigenvalue weighted by molar-refractivity contribution is -0.127. The van der Waals surface area contributed by atoms with Crippen LogP contribution >= 0.6 is 0 Å². The molecule has 35 nitrogen and oxygen atoms in total. The fourth-order valence-electron chi connectivity index (χ4n) is 16.2. The van der Waals surface area contributed by atoms with Crippen molar-refractivity contribution in [1.29, 1.82) is 0 Å². The molecule has 20 atom stereocenters. The molecule has 4 rings (SSSR count). The van der Waals surface area contributed by atoms with Crippen molar-refractivity contribution in [2.24, 2.45) is 38.4 Å². The van der Waals surface area contributed by atoms with E-state index in [1.54, 1.807) is 21.0 Å². The number of carbonyl (C=O) groups is 2. The van der Waals surface area contributed by atoms with Gasteiger partial charge >= 0.3 is 0 Å². The number of unbranched alkanes of at least 4 members (excludes halogenated alkanes) is 9. The summed E-state index contributed by atoms with van der Waals surface area (Å²) in [4.78, 5) is 25.4. The van der Waals surface area contributed by atoms with Crippen LogP contribution in [0.3, 0.4) is 0 Å². The quantitative estimate of drug-likeness (QED) is 0.0202. The average Bonchev–Trinajstić information content (AvgIpc) is 1.24. The molecule has 20 unspecified atom stereocenters. The predicted octanol–water partition coefficient (Wildman–Crippen LogP) is 8.00. The molecule has 4 fully saturated rings. The highest BCUT2D eigenvalue weighted by Crippen LogP contribution is 2.35. The van der Waals surface area contributed by atoms with Crippen LogP contribution < -0.4 is 0 Å². The highest BCUT2D eigenvalue weighted by atomic mass is 16.6. The van der Waals surface area contributed by atoms with Gasteiger partial charge in [0.05, 0.1) is 310 Å². The Balaban J connectivity index is 1.11. The van der Waals surface area contributed by atoms with Gasteiger partial charge < -0.3 is 162 Å². The van der Waals surface area contributed by atoms with Crippen molar-refractivity contribution in [3.63, 3.8) is 0 Å². The Hall–Kier alpha value is -1.98. The fraction of sp³-hybridized carbons (Fsp3) is 0.981.